The molecule has 1 aromatic heterocycles. The Balaban J connectivity index is 1.40. The van der Waals surface area contributed by atoms with Gasteiger partial charge in [0.2, 0.25) is 5.91 Å². The molecule has 2 N–H and O–H groups in total. The van der Waals surface area contributed by atoms with Crippen LogP contribution in [0.15, 0.2) is 60.0 Å². The van der Waals surface area contributed by atoms with Gasteiger partial charge < -0.3 is 15.4 Å². The van der Waals surface area contributed by atoms with Gasteiger partial charge in [0, 0.05) is 22.7 Å². The van der Waals surface area contributed by atoms with Crippen molar-refractivity contribution in [1.82, 2.24) is 10.3 Å². The van der Waals surface area contributed by atoms with E-state index in [0.29, 0.717) is 16.3 Å². The number of thiazole rings is 1. The topological polar surface area (TPSA) is 97.4 Å². The lowest BCUT2D eigenvalue weighted by Gasteiger charge is -2.13. The van der Waals surface area contributed by atoms with Crippen molar-refractivity contribution in [3.8, 4) is 0 Å². The van der Waals surface area contributed by atoms with Crippen LogP contribution in [0.2, 0.25) is 0 Å². The Hall–Kier alpha value is -3.52. The van der Waals surface area contributed by atoms with E-state index in [0.717, 1.165) is 11.3 Å². The quantitative estimate of drug-likeness (QED) is 0.481. The lowest BCUT2D eigenvalue weighted by atomic mass is 10.2. The highest BCUT2D eigenvalue weighted by atomic mass is 32.1. The molecule has 0 spiro atoms. The molecule has 1 heterocycles. The minimum absolute atomic E-state index is 0.0221. The number of aryl methyl sites for hydroxylation is 1. The Bertz CT molecular complexity index is 1060. The Kier molecular flexibility index (Phi) is 8.10. The summed E-state index contributed by atoms with van der Waals surface area (Å²) >= 11 is 1.34. The summed E-state index contributed by atoms with van der Waals surface area (Å²) in [5.41, 5.74) is 2.98. The third kappa shape index (κ3) is 7.31. The van der Waals surface area contributed by atoms with Crippen molar-refractivity contribution >= 4 is 34.8 Å². The van der Waals surface area contributed by atoms with Crippen LogP contribution in [0.5, 0.6) is 0 Å². The maximum absolute atomic E-state index is 12.2. The highest BCUT2D eigenvalue weighted by Crippen LogP contribution is 2.14. The Labute approximate surface area is 190 Å². The van der Waals surface area contributed by atoms with Gasteiger partial charge in [-0.15, -0.1) is 11.3 Å². The lowest BCUT2D eigenvalue weighted by molar-refractivity contribution is -0.145. The standard InChI is InChI=1S/C24H25N3O4S/c1-16-8-10-19(11-9-16)26-21(28)13-22-27-20(15-32-22)14-31-23(29)12-17(2)25-24(30)18-6-4-3-5-7-18/h3-11,15,17H,12-14H2,1-2H3,(H,25,30)(H,26,28). The molecule has 0 radical (unpaired) electrons. The molecule has 0 aliphatic rings. The number of nitrogens with zero attached hydrogens (tertiary/aromatic N) is 1. The minimum atomic E-state index is -0.433. The van der Waals surface area contributed by atoms with Gasteiger partial charge in [0.25, 0.3) is 5.91 Å². The van der Waals surface area contributed by atoms with E-state index >= 15 is 0 Å². The molecule has 3 aromatic rings. The van der Waals surface area contributed by atoms with Gasteiger partial charge >= 0.3 is 5.97 Å². The van der Waals surface area contributed by atoms with E-state index in [9.17, 15) is 14.4 Å². The Morgan fingerprint density at radius 2 is 1.78 bits per heavy atom. The minimum Gasteiger partial charge on any atom is -0.459 e. The molecule has 7 nitrogen and oxygen atoms in total. The number of carbonyl (C=O) groups excluding carboxylic acids is 3. The van der Waals surface area contributed by atoms with Gasteiger partial charge in [0.15, 0.2) is 0 Å². The van der Waals surface area contributed by atoms with Crippen LogP contribution < -0.4 is 10.6 Å². The number of hydrogen-bond acceptors (Lipinski definition) is 6. The summed E-state index contributed by atoms with van der Waals surface area (Å²) in [7, 11) is 0. The number of esters is 1. The van der Waals surface area contributed by atoms with Crippen molar-refractivity contribution < 1.29 is 19.1 Å². The first-order valence-electron chi connectivity index (χ1n) is 10.2. The molecule has 1 atom stereocenters. The molecule has 32 heavy (non-hydrogen) atoms. The van der Waals surface area contributed by atoms with E-state index in [-0.39, 0.29) is 37.3 Å². The summed E-state index contributed by atoms with van der Waals surface area (Å²) in [6.07, 6.45) is 0.198. The van der Waals surface area contributed by atoms with Crippen molar-refractivity contribution in [3.05, 3.63) is 81.8 Å². The number of aromatic nitrogens is 1. The molecule has 0 aliphatic heterocycles. The first kappa shape index (κ1) is 23.1. The first-order chi connectivity index (χ1) is 15.4. The van der Waals surface area contributed by atoms with Crippen molar-refractivity contribution in [2.24, 2.45) is 0 Å². The van der Waals surface area contributed by atoms with Crippen LogP contribution in [-0.4, -0.2) is 28.8 Å². The smallest absolute Gasteiger partial charge is 0.308 e. The number of rotatable bonds is 9. The Morgan fingerprint density at radius 1 is 1.06 bits per heavy atom. The van der Waals surface area contributed by atoms with Crippen LogP contribution in [0.4, 0.5) is 5.69 Å². The zero-order valence-electron chi connectivity index (χ0n) is 18.0. The van der Waals surface area contributed by atoms with Gasteiger partial charge in [-0.3, -0.25) is 14.4 Å². The third-order valence-electron chi connectivity index (χ3n) is 4.51. The molecule has 0 saturated carbocycles. The van der Waals surface area contributed by atoms with Crippen LogP contribution >= 0.6 is 11.3 Å². The van der Waals surface area contributed by atoms with Crippen molar-refractivity contribution in [2.75, 3.05) is 5.32 Å². The highest BCUT2D eigenvalue weighted by molar-refractivity contribution is 7.09. The monoisotopic (exact) mass is 451 g/mol. The fourth-order valence-electron chi connectivity index (χ4n) is 2.89. The number of benzene rings is 2. The largest absolute Gasteiger partial charge is 0.459 e. The second-order valence-electron chi connectivity index (χ2n) is 7.43. The predicted molar refractivity (Wildman–Crippen MR) is 123 cm³/mol. The summed E-state index contributed by atoms with van der Waals surface area (Å²) in [6.45, 7) is 3.75. The molecular formula is C24H25N3O4S. The maximum Gasteiger partial charge on any atom is 0.308 e. The van der Waals surface area contributed by atoms with E-state index in [1.165, 1.54) is 11.3 Å². The van der Waals surface area contributed by atoms with E-state index < -0.39 is 5.97 Å². The van der Waals surface area contributed by atoms with Crippen molar-refractivity contribution in [3.63, 3.8) is 0 Å². The molecule has 1 unspecified atom stereocenters. The van der Waals surface area contributed by atoms with Gasteiger partial charge in [-0.25, -0.2) is 4.98 Å². The molecular weight excluding hydrogens is 426 g/mol. The highest BCUT2D eigenvalue weighted by Gasteiger charge is 2.15. The zero-order chi connectivity index (χ0) is 22.9. The summed E-state index contributed by atoms with van der Waals surface area (Å²) in [5.74, 6) is -0.828. The molecule has 2 amide bonds. The summed E-state index contributed by atoms with van der Waals surface area (Å²) in [5, 5.41) is 8.02. The first-order valence-corrected chi connectivity index (χ1v) is 11.1. The van der Waals surface area contributed by atoms with Crippen molar-refractivity contribution in [1.29, 1.82) is 0 Å². The molecule has 166 valence electrons. The van der Waals surface area contributed by atoms with Crippen LogP contribution in [-0.2, 0) is 27.4 Å². The molecule has 3 rings (SSSR count). The van der Waals surface area contributed by atoms with Crippen LogP contribution in [0.1, 0.15) is 40.0 Å². The molecule has 0 saturated heterocycles. The third-order valence-corrected chi connectivity index (χ3v) is 5.41. The number of carbonyl (C=O) groups is 3. The molecule has 8 heteroatoms. The number of hydrogen-bond donors (Lipinski definition) is 2. The number of amides is 2. The average Bonchev–Trinajstić information content (AvgIpc) is 3.21. The molecule has 0 fully saturated rings. The summed E-state index contributed by atoms with van der Waals surface area (Å²) in [6, 6.07) is 16.0. The van der Waals surface area contributed by atoms with E-state index in [4.69, 9.17) is 4.74 Å². The van der Waals surface area contributed by atoms with Crippen LogP contribution in [0.25, 0.3) is 0 Å². The number of ether oxygens (including phenoxy) is 1. The predicted octanol–water partition coefficient (Wildman–Crippen LogP) is 3.88. The second kappa shape index (κ2) is 11.2. The van der Waals surface area contributed by atoms with Gasteiger partial charge in [-0.1, -0.05) is 35.9 Å². The number of nitrogens with one attached hydrogen (secondary N) is 2. The van der Waals surface area contributed by atoms with Gasteiger partial charge in [-0.2, -0.15) is 0 Å². The second-order valence-corrected chi connectivity index (χ2v) is 8.37. The van der Waals surface area contributed by atoms with E-state index in [1.54, 1.807) is 36.6 Å². The molecule has 2 aromatic carbocycles. The SMILES string of the molecule is Cc1ccc(NC(=O)Cc2nc(COC(=O)CC(C)NC(=O)c3ccccc3)cs2)cc1. The average molecular weight is 452 g/mol. The van der Waals surface area contributed by atoms with Crippen LogP contribution in [0.3, 0.4) is 0 Å². The summed E-state index contributed by atoms with van der Waals surface area (Å²) in [4.78, 5) is 40.8. The van der Waals surface area contributed by atoms with Crippen molar-refractivity contribution in [2.45, 2.75) is 39.3 Å². The fourth-order valence-corrected chi connectivity index (χ4v) is 3.66. The summed E-state index contributed by atoms with van der Waals surface area (Å²) < 4.78 is 5.26. The number of anilines is 1. The maximum atomic E-state index is 12.2. The fraction of sp³-hybridized carbons (Fsp3) is 0.250. The van der Waals surface area contributed by atoms with Crippen LogP contribution in [0, 0.1) is 6.92 Å². The molecule has 0 bridgehead atoms. The van der Waals surface area contributed by atoms with Gasteiger partial charge in [0.1, 0.15) is 11.6 Å². The molecule has 0 aliphatic carbocycles. The van der Waals surface area contributed by atoms with Gasteiger partial charge in [0.05, 0.1) is 18.5 Å². The van der Waals surface area contributed by atoms with Gasteiger partial charge in [-0.05, 0) is 38.1 Å². The normalized spacial score (nSPS) is 11.4. The zero-order valence-corrected chi connectivity index (χ0v) is 18.8. The van der Waals surface area contributed by atoms with E-state index in [2.05, 4.69) is 15.6 Å². The lowest BCUT2D eigenvalue weighted by Crippen LogP contribution is -2.34. The van der Waals surface area contributed by atoms with E-state index in [1.807, 2.05) is 37.3 Å². The Morgan fingerprint density at radius 3 is 2.50 bits per heavy atom.